The first-order chi connectivity index (χ1) is 14.3. The molecule has 1 amide bonds. The van der Waals surface area contributed by atoms with Crippen LogP contribution in [-0.2, 0) is 15.3 Å². The summed E-state index contributed by atoms with van der Waals surface area (Å²) in [6, 6.07) is 13.8. The quantitative estimate of drug-likeness (QED) is 0.387. The number of thioether (sulfide) groups is 1. The van der Waals surface area contributed by atoms with Crippen LogP contribution in [0.25, 0.3) is 0 Å². The van der Waals surface area contributed by atoms with Crippen LogP contribution >= 0.6 is 23.4 Å². The molecule has 0 radical (unpaired) electrons. The zero-order chi connectivity index (χ0) is 21.7. The van der Waals surface area contributed by atoms with Gasteiger partial charge in [0.15, 0.2) is 6.10 Å². The molecule has 1 unspecified atom stereocenters. The Morgan fingerprint density at radius 3 is 2.53 bits per heavy atom. The van der Waals surface area contributed by atoms with E-state index in [1.54, 1.807) is 36.4 Å². The third-order valence-corrected chi connectivity index (χ3v) is 5.78. The first-order valence-electron chi connectivity index (χ1n) is 9.26. The van der Waals surface area contributed by atoms with Crippen molar-refractivity contribution in [3.8, 4) is 0 Å². The number of hydrogen-bond acceptors (Lipinski definition) is 6. The molecule has 1 heterocycles. The van der Waals surface area contributed by atoms with Gasteiger partial charge in [-0.15, -0.1) is 11.8 Å². The maximum atomic E-state index is 12.7. The zero-order valence-corrected chi connectivity index (χ0v) is 18.3. The van der Waals surface area contributed by atoms with E-state index in [0.717, 1.165) is 21.9 Å². The van der Waals surface area contributed by atoms with E-state index in [1.807, 2.05) is 26.0 Å². The molecule has 0 aliphatic rings. The maximum Gasteiger partial charge on any atom is 0.340 e. The fraction of sp³-hybridized carbons (Fsp3) is 0.227. The number of benzene rings is 2. The number of amides is 1. The minimum absolute atomic E-state index is 0.403. The standard InChI is InChI=1S/C22H21ClN2O4S/c1-13-19(14(2)29-25-13)12-30-20-7-5-4-6-18(20)22(27)28-15(3)21(26)24-17-10-8-16(23)9-11-17/h4-11,15H,12H2,1-3H3,(H,24,26). The number of carbonyl (C=O) groups excluding carboxylic acids is 2. The van der Waals surface area contributed by atoms with Crippen molar-refractivity contribution in [1.29, 1.82) is 0 Å². The van der Waals surface area contributed by atoms with Crippen LogP contribution in [0.1, 0.15) is 34.3 Å². The number of nitrogens with one attached hydrogen (secondary N) is 1. The Morgan fingerprint density at radius 1 is 1.17 bits per heavy atom. The molecule has 156 valence electrons. The van der Waals surface area contributed by atoms with Gasteiger partial charge in [-0.3, -0.25) is 4.79 Å². The van der Waals surface area contributed by atoms with Gasteiger partial charge in [0.2, 0.25) is 0 Å². The van der Waals surface area contributed by atoms with Gasteiger partial charge in [0.05, 0.1) is 11.3 Å². The number of aryl methyl sites for hydroxylation is 2. The summed E-state index contributed by atoms with van der Waals surface area (Å²) < 4.78 is 10.6. The molecule has 0 bridgehead atoms. The van der Waals surface area contributed by atoms with Gasteiger partial charge in [-0.1, -0.05) is 28.9 Å². The number of rotatable bonds is 7. The van der Waals surface area contributed by atoms with E-state index >= 15 is 0 Å². The number of ether oxygens (including phenoxy) is 1. The summed E-state index contributed by atoms with van der Waals surface area (Å²) >= 11 is 7.33. The van der Waals surface area contributed by atoms with Crippen LogP contribution in [0.5, 0.6) is 0 Å². The Morgan fingerprint density at radius 2 is 1.87 bits per heavy atom. The smallest absolute Gasteiger partial charge is 0.340 e. The molecule has 30 heavy (non-hydrogen) atoms. The minimum atomic E-state index is -0.964. The molecule has 3 aromatic rings. The van der Waals surface area contributed by atoms with Crippen molar-refractivity contribution in [3.63, 3.8) is 0 Å². The molecule has 3 rings (SSSR count). The molecule has 8 heteroatoms. The lowest BCUT2D eigenvalue weighted by Crippen LogP contribution is -2.30. The van der Waals surface area contributed by atoms with E-state index < -0.39 is 18.0 Å². The lowest BCUT2D eigenvalue weighted by molar-refractivity contribution is -0.123. The Kier molecular flexibility index (Phi) is 7.18. The highest BCUT2D eigenvalue weighted by Crippen LogP contribution is 2.29. The Bertz CT molecular complexity index is 1030. The first kappa shape index (κ1) is 21.9. The normalized spacial score (nSPS) is 11.7. The summed E-state index contributed by atoms with van der Waals surface area (Å²) in [4.78, 5) is 25.8. The molecule has 0 saturated heterocycles. The van der Waals surface area contributed by atoms with Crippen LogP contribution in [0.3, 0.4) is 0 Å². The highest BCUT2D eigenvalue weighted by atomic mass is 35.5. The highest BCUT2D eigenvalue weighted by molar-refractivity contribution is 7.98. The number of halogens is 1. The molecule has 0 saturated carbocycles. The van der Waals surface area contributed by atoms with E-state index in [2.05, 4.69) is 10.5 Å². The number of aromatic nitrogens is 1. The summed E-state index contributed by atoms with van der Waals surface area (Å²) in [6.07, 6.45) is -0.964. The third-order valence-electron chi connectivity index (χ3n) is 4.43. The average molecular weight is 445 g/mol. The summed E-state index contributed by atoms with van der Waals surface area (Å²) in [7, 11) is 0. The van der Waals surface area contributed by atoms with Crippen molar-refractivity contribution in [3.05, 3.63) is 76.1 Å². The highest BCUT2D eigenvalue weighted by Gasteiger charge is 2.21. The third kappa shape index (κ3) is 5.43. The van der Waals surface area contributed by atoms with E-state index in [0.29, 0.717) is 22.0 Å². The maximum absolute atomic E-state index is 12.7. The first-order valence-corrected chi connectivity index (χ1v) is 10.6. The molecule has 6 nitrogen and oxygen atoms in total. The summed E-state index contributed by atoms with van der Waals surface area (Å²) in [5.74, 6) is 0.382. The van der Waals surface area contributed by atoms with Gasteiger partial charge >= 0.3 is 5.97 Å². The Balaban J connectivity index is 1.64. The summed E-state index contributed by atoms with van der Waals surface area (Å²) in [5, 5.41) is 7.22. The largest absolute Gasteiger partial charge is 0.449 e. The van der Waals surface area contributed by atoms with Crippen molar-refractivity contribution >= 4 is 40.9 Å². The second-order valence-corrected chi connectivity index (χ2v) is 8.08. The van der Waals surface area contributed by atoms with Gasteiger partial charge in [0.1, 0.15) is 5.76 Å². The second kappa shape index (κ2) is 9.82. The van der Waals surface area contributed by atoms with E-state index in [9.17, 15) is 9.59 Å². The van der Waals surface area contributed by atoms with Gasteiger partial charge in [-0.25, -0.2) is 4.79 Å². The molecule has 1 N–H and O–H groups in total. The number of carbonyl (C=O) groups is 2. The van der Waals surface area contributed by atoms with Gasteiger partial charge in [-0.2, -0.15) is 0 Å². The molecule has 0 spiro atoms. The van der Waals surface area contributed by atoms with Crippen LogP contribution in [0.4, 0.5) is 5.69 Å². The van der Waals surface area contributed by atoms with Crippen LogP contribution in [0, 0.1) is 13.8 Å². The molecule has 1 aromatic heterocycles. The topological polar surface area (TPSA) is 81.4 Å². The van der Waals surface area contributed by atoms with Gasteiger partial charge in [-0.05, 0) is 57.2 Å². The second-order valence-electron chi connectivity index (χ2n) is 6.63. The SMILES string of the molecule is Cc1noc(C)c1CSc1ccccc1C(=O)OC(C)C(=O)Nc1ccc(Cl)cc1. The molecule has 2 aromatic carbocycles. The van der Waals surface area contributed by atoms with Gasteiger partial charge in [0, 0.05) is 26.9 Å². The Hall–Kier alpha value is -2.77. The average Bonchev–Trinajstić information content (AvgIpc) is 3.05. The number of nitrogens with zero attached hydrogens (tertiary/aromatic N) is 1. The molecular formula is C22H21ClN2O4S. The van der Waals surface area contributed by atoms with Crippen molar-refractivity contribution in [2.45, 2.75) is 37.5 Å². The number of hydrogen-bond donors (Lipinski definition) is 1. The minimum Gasteiger partial charge on any atom is -0.449 e. The molecular weight excluding hydrogens is 424 g/mol. The van der Waals surface area contributed by atoms with E-state index in [1.165, 1.54) is 18.7 Å². The molecule has 0 fully saturated rings. The van der Waals surface area contributed by atoms with Crippen molar-refractivity contribution in [2.24, 2.45) is 0 Å². The number of anilines is 1. The van der Waals surface area contributed by atoms with Crippen molar-refractivity contribution in [2.75, 3.05) is 5.32 Å². The zero-order valence-electron chi connectivity index (χ0n) is 16.8. The predicted molar refractivity (Wildman–Crippen MR) is 117 cm³/mol. The van der Waals surface area contributed by atoms with Crippen molar-refractivity contribution in [1.82, 2.24) is 5.16 Å². The fourth-order valence-corrected chi connectivity index (χ4v) is 3.99. The monoisotopic (exact) mass is 444 g/mol. The van der Waals surface area contributed by atoms with Crippen molar-refractivity contribution < 1.29 is 18.8 Å². The lowest BCUT2D eigenvalue weighted by Gasteiger charge is -2.15. The summed E-state index contributed by atoms with van der Waals surface area (Å²) in [5.41, 5.74) is 2.80. The van der Waals surface area contributed by atoms with E-state index in [4.69, 9.17) is 20.9 Å². The van der Waals surface area contributed by atoms with Crippen LogP contribution in [0.2, 0.25) is 5.02 Å². The molecule has 0 aliphatic heterocycles. The van der Waals surface area contributed by atoms with Gasteiger partial charge in [0.25, 0.3) is 5.91 Å². The van der Waals surface area contributed by atoms with Crippen LogP contribution < -0.4 is 5.32 Å². The lowest BCUT2D eigenvalue weighted by atomic mass is 10.2. The fourth-order valence-electron chi connectivity index (χ4n) is 2.67. The molecule has 0 aliphatic carbocycles. The van der Waals surface area contributed by atoms with E-state index in [-0.39, 0.29) is 0 Å². The molecule has 1 atom stereocenters. The van der Waals surface area contributed by atoms with Crippen LogP contribution in [0.15, 0.2) is 57.9 Å². The summed E-state index contributed by atoms with van der Waals surface area (Å²) in [6.45, 7) is 5.27. The number of esters is 1. The Labute approximate surface area is 183 Å². The predicted octanol–water partition coefficient (Wildman–Crippen LogP) is 5.42. The van der Waals surface area contributed by atoms with Gasteiger partial charge < -0.3 is 14.6 Å². The van der Waals surface area contributed by atoms with Crippen LogP contribution in [-0.4, -0.2) is 23.1 Å².